The first-order valence-corrected chi connectivity index (χ1v) is 7.04. The summed E-state index contributed by atoms with van der Waals surface area (Å²) in [7, 11) is 0. The highest BCUT2D eigenvalue weighted by molar-refractivity contribution is 5.84. The Morgan fingerprint density at radius 1 is 1.43 bits per heavy atom. The number of amidine groups is 1. The molecule has 3 N–H and O–H groups in total. The van der Waals surface area contributed by atoms with Crippen molar-refractivity contribution in [2.75, 3.05) is 31.1 Å². The Hall–Kier alpha value is -1.96. The Morgan fingerprint density at radius 3 is 2.67 bits per heavy atom. The zero-order valence-electron chi connectivity index (χ0n) is 12.3. The second-order valence-corrected chi connectivity index (χ2v) is 5.04. The van der Waals surface area contributed by atoms with Gasteiger partial charge in [-0.3, -0.25) is 4.90 Å². The summed E-state index contributed by atoms with van der Waals surface area (Å²) in [4.78, 5) is 12.0. The smallest absolute Gasteiger partial charge is 0.187 e. The molecule has 2 heterocycles. The lowest BCUT2D eigenvalue weighted by Crippen LogP contribution is -2.53. The molecular weight excluding hydrogens is 275 g/mol. The summed E-state index contributed by atoms with van der Waals surface area (Å²) in [6, 6.07) is -0.140. The molecule has 1 aromatic heterocycles. The lowest BCUT2D eigenvalue weighted by molar-refractivity contribution is 0.229. The third-order valence-electron chi connectivity index (χ3n) is 3.88. The van der Waals surface area contributed by atoms with Crippen LogP contribution in [0.3, 0.4) is 0 Å². The van der Waals surface area contributed by atoms with Crippen molar-refractivity contribution >= 4 is 11.7 Å². The predicted octanol–water partition coefficient (Wildman–Crippen LogP) is 0.435. The molecule has 0 bridgehead atoms. The van der Waals surface area contributed by atoms with Crippen LogP contribution in [-0.2, 0) is 6.42 Å². The SMILES string of the molecule is CCc1ncnc(N2CCN(C(C)C(N)=NO)CC2)c1F. The molecule has 1 aliphatic heterocycles. The summed E-state index contributed by atoms with van der Waals surface area (Å²) in [5, 5.41) is 11.8. The molecule has 1 aromatic rings. The summed E-state index contributed by atoms with van der Waals surface area (Å²) >= 11 is 0. The number of halogens is 1. The van der Waals surface area contributed by atoms with Crippen molar-refractivity contribution in [2.45, 2.75) is 26.3 Å². The number of aryl methyl sites for hydroxylation is 1. The highest BCUT2D eigenvalue weighted by Crippen LogP contribution is 2.20. The van der Waals surface area contributed by atoms with Crippen LogP contribution >= 0.6 is 0 Å². The quantitative estimate of drug-likeness (QED) is 0.362. The first kappa shape index (κ1) is 15.4. The van der Waals surface area contributed by atoms with Crippen molar-refractivity contribution in [3.05, 3.63) is 17.8 Å². The normalized spacial score (nSPS) is 18.8. The van der Waals surface area contributed by atoms with Crippen LogP contribution in [-0.4, -0.2) is 58.1 Å². The number of aromatic nitrogens is 2. The van der Waals surface area contributed by atoms with Gasteiger partial charge in [-0.05, 0) is 13.3 Å². The zero-order valence-corrected chi connectivity index (χ0v) is 12.3. The monoisotopic (exact) mass is 296 g/mol. The second-order valence-electron chi connectivity index (χ2n) is 5.04. The molecule has 0 aromatic carbocycles. The lowest BCUT2D eigenvalue weighted by Gasteiger charge is -2.38. The van der Waals surface area contributed by atoms with E-state index >= 15 is 0 Å². The van der Waals surface area contributed by atoms with Crippen molar-refractivity contribution in [1.29, 1.82) is 0 Å². The van der Waals surface area contributed by atoms with Gasteiger partial charge in [0.05, 0.1) is 11.7 Å². The van der Waals surface area contributed by atoms with Crippen LogP contribution in [0.5, 0.6) is 0 Å². The van der Waals surface area contributed by atoms with E-state index in [0.29, 0.717) is 44.1 Å². The van der Waals surface area contributed by atoms with E-state index in [-0.39, 0.29) is 17.7 Å². The predicted molar refractivity (Wildman–Crippen MR) is 78.0 cm³/mol. The molecule has 0 radical (unpaired) electrons. The number of piperazine rings is 1. The fourth-order valence-electron chi connectivity index (χ4n) is 2.45. The van der Waals surface area contributed by atoms with Crippen LogP contribution in [0.2, 0.25) is 0 Å². The van der Waals surface area contributed by atoms with Gasteiger partial charge in [0.25, 0.3) is 0 Å². The Kier molecular flexibility index (Phi) is 4.89. The van der Waals surface area contributed by atoms with E-state index in [9.17, 15) is 4.39 Å². The van der Waals surface area contributed by atoms with Crippen molar-refractivity contribution in [3.8, 4) is 0 Å². The lowest BCUT2D eigenvalue weighted by atomic mass is 10.2. The molecule has 2 rings (SSSR count). The number of oxime groups is 1. The maximum absolute atomic E-state index is 14.2. The van der Waals surface area contributed by atoms with Crippen LogP contribution in [0, 0.1) is 5.82 Å². The molecule has 0 spiro atoms. The van der Waals surface area contributed by atoms with Crippen molar-refractivity contribution in [2.24, 2.45) is 10.9 Å². The van der Waals surface area contributed by atoms with E-state index in [1.807, 2.05) is 18.7 Å². The molecule has 0 aliphatic carbocycles. The number of hydrogen-bond donors (Lipinski definition) is 2. The summed E-state index contributed by atoms with van der Waals surface area (Å²) < 4.78 is 14.2. The van der Waals surface area contributed by atoms with Crippen LogP contribution in [0.1, 0.15) is 19.5 Å². The molecule has 1 saturated heterocycles. The molecule has 1 unspecified atom stereocenters. The maximum atomic E-state index is 14.2. The van der Waals surface area contributed by atoms with Crippen molar-refractivity contribution in [1.82, 2.24) is 14.9 Å². The maximum Gasteiger partial charge on any atom is 0.187 e. The second kappa shape index (κ2) is 6.66. The fourth-order valence-corrected chi connectivity index (χ4v) is 2.45. The third-order valence-corrected chi connectivity index (χ3v) is 3.88. The Balaban J connectivity index is 2.05. The summed E-state index contributed by atoms with van der Waals surface area (Å²) in [5.41, 5.74) is 6.06. The van der Waals surface area contributed by atoms with Gasteiger partial charge in [0.2, 0.25) is 0 Å². The van der Waals surface area contributed by atoms with Crippen LogP contribution < -0.4 is 10.6 Å². The van der Waals surface area contributed by atoms with E-state index in [1.54, 1.807) is 0 Å². The average Bonchev–Trinajstić information content (AvgIpc) is 2.54. The average molecular weight is 296 g/mol. The number of nitrogens with two attached hydrogens (primary N) is 1. The molecule has 7 nitrogen and oxygen atoms in total. The highest BCUT2D eigenvalue weighted by atomic mass is 19.1. The van der Waals surface area contributed by atoms with E-state index in [1.165, 1.54) is 6.33 Å². The van der Waals surface area contributed by atoms with Gasteiger partial charge in [-0.15, -0.1) is 0 Å². The standard InChI is InChI=1S/C13H21FN6O/c1-3-10-11(14)13(17-8-16-10)20-6-4-19(5-7-20)9(2)12(15)18-21/h8-9,21H,3-7H2,1-2H3,(H2,15,18). The number of hydrogen-bond acceptors (Lipinski definition) is 6. The molecule has 1 fully saturated rings. The molecular formula is C13H21FN6O. The van der Waals surface area contributed by atoms with Gasteiger partial charge in [0.1, 0.15) is 6.33 Å². The van der Waals surface area contributed by atoms with Gasteiger partial charge in [-0.2, -0.15) is 0 Å². The van der Waals surface area contributed by atoms with Gasteiger partial charge in [-0.25, -0.2) is 14.4 Å². The van der Waals surface area contributed by atoms with Gasteiger partial charge in [0.15, 0.2) is 17.5 Å². The van der Waals surface area contributed by atoms with Gasteiger partial charge in [0, 0.05) is 26.2 Å². The Labute approximate surface area is 123 Å². The zero-order chi connectivity index (χ0) is 15.4. The molecule has 21 heavy (non-hydrogen) atoms. The number of anilines is 1. The molecule has 1 atom stereocenters. The Bertz CT molecular complexity index is 515. The molecule has 1 aliphatic rings. The first-order chi connectivity index (χ1) is 10.1. The number of rotatable bonds is 4. The minimum Gasteiger partial charge on any atom is -0.409 e. The fraction of sp³-hybridized carbons (Fsp3) is 0.615. The Morgan fingerprint density at radius 2 is 2.10 bits per heavy atom. The van der Waals surface area contributed by atoms with Gasteiger partial charge >= 0.3 is 0 Å². The minimum atomic E-state index is -0.335. The van der Waals surface area contributed by atoms with E-state index in [2.05, 4.69) is 20.0 Å². The largest absolute Gasteiger partial charge is 0.409 e. The molecule has 0 saturated carbocycles. The summed E-state index contributed by atoms with van der Waals surface area (Å²) in [6.45, 7) is 6.42. The summed E-state index contributed by atoms with van der Waals surface area (Å²) in [5.74, 6) is 0.209. The van der Waals surface area contributed by atoms with E-state index in [0.717, 1.165) is 0 Å². The first-order valence-electron chi connectivity index (χ1n) is 7.04. The molecule has 8 heteroatoms. The summed E-state index contributed by atoms with van der Waals surface area (Å²) in [6.07, 6.45) is 1.95. The van der Waals surface area contributed by atoms with E-state index < -0.39 is 0 Å². The highest BCUT2D eigenvalue weighted by Gasteiger charge is 2.26. The number of nitrogens with zero attached hydrogens (tertiary/aromatic N) is 5. The van der Waals surface area contributed by atoms with Gasteiger partial charge in [-0.1, -0.05) is 12.1 Å². The van der Waals surface area contributed by atoms with Crippen molar-refractivity contribution < 1.29 is 9.60 Å². The molecule has 0 amide bonds. The molecule has 116 valence electrons. The van der Waals surface area contributed by atoms with Crippen LogP contribution in [0.25, 0.3) is 0 Å². The van der Waals surface area contributed by atoms with Gasteiger partial charge < -0.3 is 15.8 Å². The van der Waals surface area contributed by atoms with E-state index in [4.69, 9.17) is 10.9 Å². The van der Waals surface area contributed by atoms with Crippen LogP contribution in [0.4, 0.5) is 10.2 Å². The van der Waals surface area contributed by atoms with Crippen LogP contribution in [0.15, 0.2) is 11.5 Å². The third kappa shape index (κ3) is 3.21. The van der Waals surface area contributed by atoms with Crippen molar-refractivity contribution in [3.63, 3.8) is 0 Å². The topological polar surface area (TPSA) is 90.9 Å². The minimum absolute atomic E-state index is 0.140.